The van der Waals surface area contributed by atoms with Gasteiger partial charge in [-0.25, -0.2) is 39.1 Å². The molecule has 0 amide bonds. The summed E-state index contributed by atoms with van der Waals surface area (Å²) in [5.41, 5.74) is 2.85. The van der Waals surface area contributed by atoms with Crippen molar-refractivity contribution in [2.45, 2.75) is 135 Å². The normalized spacial score (nSPS) is 10.8. The third kappa shape index (κ3) is 22.0. The summed E-state index contributed by atoms with van der Waals surface area (Å²) in [6.07, 6.45) is 31.5. The van der Waals surface area contributed by atoms with E-state index in [1.54, 1.807) is 91.5 Å². The topological polar surface area (TPSA) is 175 Å². The molecule has 0 bridgehead atoms. The second-order valence-corrected chi connectivity index (χ2v) is 17.9. The van der Waals surface area contributed by atoms with E-state index in [9.17, 15) is 19.2 Å². The molecule has 3 aromatic carbocycles. The third-order valence-electron chi connectivity index (χ3n) is 12.0. The minimum Gasteiger partial charge on any atom is -0.490 e. The van der Waals surface area contributed by atoms with Gasteiger partial charge < -0.3 is 28.4 Å². The highest BCUT2D eigenvalue weighted by Crippen LogP contribution is 2.31. The maximum Gasteiger partial charge on any atom is 0.343 e. The highest BCUT2D eigenvalue weighted by Gasteiger charge is 2.18. The smallest absolute Gasteiger partial charge is 0.343 e. The van der Waals surface area contributed by atoms with Crippen LogP contribution < -0.4 is 18.9 Å². The quantitative estimate of drug-likeness (QED) is 0.0160. The Labute approximate surface area is 431 Å². The lowest BCUT2D eigenvalue weighted by Crippen LogP contribution is -2.13. The van der Waals surface area contributed by atoms with Crippen LogP contribution in [0.25, 0.3) is 22.8 Å². The summed E-state index contributed by atoms with van der Waals surface area (Å²) in [6, 6.07) is 18.5. The molecule has 5 aromatic rings. The number of carbonyl (C=O) groups excluding carboxylic acids is 4. The molecule has 0 saturated heterocycles. The van der Waals surface area contributed by atoms with Gasteiger partial charge in [-0.15, -0.1) is 0 Å². The molecule has 0 aliphatic heterocycles. The van der Waals surface area contributed by atoms with Gasteiger partial charge in [0.2, 0.25) is 0 Å². The number of rotatable bonds is 36. The average molecular weight is 997 g/mol. The fourth-order valence-electron chi connectivity index (χ4n) is 7.77. The summed E-state index contributed by atoms with van der Waals surface area (Å²) >= 11 is 0. The first kappa shape index (κ1) is 56.7. The van der Waals surface area contributed by atoms with Crippen LogP contribution in [0.15, 0.2) is 117 Å². The first-order chi connectivity index (χ1) is 35.7. The third-order valence-corrected chi connectivity index (χ3v) is 12.0. The van der Waals surface area contributed by atoms with E-state index < -0.39 is 11.9 Å². The lowest BCUT2D eigenvalue weighted by Gasteiger charge is -2.12. The van der Waals surface area contributed by atoms with Crippen molar-refractivity contribution >= 4 is 23.9 Å². The van der Waals surface area contributed by atoms with E-state index in [0.29, 0.717) is 60.7 Å². The molecule has 2 heterocycles. The van der Waals surface area contributed by atoms with Gasteiger partial charge in [0, 0.05) is 23.3 Å². The lowest BCUT2D eigenvalue weighted by molar-refractivity contribution is -0.138. The fraction of sp³-hybridized carbons (Fsp3) is 0.424. The Hall–Kier alpha value is -7.22. The largest absolute Gasteiger partial charge is 0.490 e. The van der Waals surface area contributed by atoms with Crippen LogP contribution in [0, 0.1) is 6.92 Å². The predicted molar refractivity (Wildman–Crippen MR) is 282 cm³/mol. The molecular formula is C59H72N4O10. The SMILES string of the molecule is C=CC(=O)OCCCCCCCCCCCCOc1cnc(-c2ccc(C(=O)Oc3ccc(C)cc3OC(=O)c3ccc(-c4ncc(OCCCCCCCCCCCCOC(=O)C=C)cn4)cc3)cc2)nc1. The number of nitrogens with zero attached hydrogens (tertiary/aromatic N) is 4. The van der Waals surface area contributed by atoms with Crippen LogP contribution in [0.5, 0.6) is 23.0 Å². The molecule has 0 atom stereocenters. The minimum absolute atomic E-state index is 0.103. The standard InChI is InChI=1S/C59H72N4O10/c1-4-54(64)70-38-24-20-16-12-8-6-10-14-18-22-36-68-50-41-60-56(61-42-50)46-27-31-48(32-28-46)58(66)72-52-35-26-45(3)40-53(52)73-59(67)49-33-29-47(30-34-49)57-62-43-51(44-63-57)69-37-23-19-15-11-7-9-13-17-21-25-39-71-55(65)5-2/h4-5,26-35,40-44H,1-2,6-25,36-39H2,3H3. The van der Waals surface area contributed by atoms with E-state index in [1.807, 2.05) is 6.92 Å². The lowest BCUT2D eigenvalue weighted by atomic mass is 10.1. The summed E-state index contributed by atoms with van der Waals surface area (Å²) in [7, 11) is 0. The van der Waals surface area contributed by atoms with Gasteiger partial charge in [0.05, 0.1) is 62.3 Å². The highest BCUT2D eigenvalue weighted by atomic mass is 16.6. The highest BCUT2D eigenvalue weighted by molar-refractivity contribution is 5.94. The van der Waals surface area contributed by atoms with Crippen LogP contribution in [0.2, 0.25) is 0 Å². The first-order valence-electron chi connectivity index (χ1n) is 26.0. The van der Waals surface area contributed by atoms with Gasteiger partial charge in [0.1, 0.15) is 0 Å². The number of esters is 4. The van der Waals surface area contributed by atoms with E-state index in [4.69, 9.17) is 28.4 Å². The summed E-state index contributed by atoms with van der Waals surface area (Å²) in [5.74, 6) is 0.457. The summed E-state index contributed by atoms with van der Waals surface area (Å²) in [5, 5.41) is 0. The number of unbranched alkanes of at least 4 members (excludes halogenated alkanes) is 18. The molecule has 0 fully saturated rings. The Kier molecular flexibility index (Phi) is 26.0. The number of ether oxygens (including phenoxy) is 6. The zero-order valence-corrected chi connectivity index (χ0v) is 42.6. The van der Waals surface area contributed by atoms with Crippen LogP contribution in [0.4, 0.5) is 0 Å². The monoisotopic (exact) mass is 997 g/mol. The average Bonchev–Trinajstić information content (AvgIpc) is 3.42. The van der Waals surface area contributed by atoms with Crippen molar-refractivity contribution in [2.75, 3.05) is 26.4 Å². The van der Waals surface area contributed by atoms with Gasteiger partial charge >= 0.3 is 23.9 Å². The van der Waals surface area contributed by atoms with Crippen molar-refractivity contribution in [3.63, 3.8) is 0 Å². The number of aromatic nitrogens is 4. The minimum atomic E-state index is -0.621. The van der Waals surface area contributed by atoms with Gasteiger partial charge in [-0.3, -0.25) is 0 Å². The zero-order chi connectivity index (χ0) is 51.7. The Morgan fingerprint density at radius 2 is 0.753 bits per heavy atom. The van der Waals surface area contributed by atoms with Crippen LogP contribution in [-0.4, -0.2) is 70.2 Å². The van der Waals surface area contributed by atoms with Gasteiger partial charge in [0.15, 0.2) is 34.6 Å². The maximum absolute atomic E-state index is 13.3. The zero-order valence-electron chi connectivity index (χ0n) is 42.6. The van der Waals surface area contributed by atoms with E-state index in [0.717, 1.165) is 80.9 Å². The van der Waals surface area contributed by atoms with Crippen LogP contribution >= 0.6 is 0 Å². The Bertz CT molecular complexity index is 2440. The van der Waals surface area contributed by atoms with Crippen LogP contribution in [0.1, 0.15) is 155 Å². The molecule has 0 saturated carbocycles. The second-order valence-electron chi connectivity index (χ2n) is 17.9. The molecular weight excluding hydrogens is 925 g/mol. The van der Waals surface area contributed by atoms with Crippen molar-refractivity contribution in [2.24, 2.45) is 0 Å². The van der Waals surface area contributed by atoms with Gasteiger partial charge in [-0.1, -0.05) is 146 Å². The van der Waals surface area contributed by atoms with Crippen molar-refractivity contribution in [3.8, 4) is 45.8 Å². The molecule has 14 heteroatoms. The van der Waals surface area contributed by atoms with E-state index in [2.05, 4.69) is 33.1 Å². The van der Waals surface area contributed by atoms with E-state index in [-0.39, 0.29) is 23.4 Å². The first-order valence-corrected chi connectivity index (χ1v) is 26.0. The Balaban J connectivity index is 0.960. The number of aryl methyl sites for hydroxylation is 1. The maximum atomic E-state index is 13.3. The number of carbonyl (C=O) groups is 4. The van der Waals surface area contributed by atoms with E-state index >= 15 is 0 Å². The van der Waals surface area contributed by atoms with Gasteiger partial charge in [0.25, 0.3) is 0 Å². The molecule has 14 nitrogen and oxygen atoms in total. The Morgan fingerprint density at radius 3 is 1.11 bits per heavy atom. The Morgan fingerprint density at radius 1 is 0.425 bits per heavy atom. The number of hydrogen-bond donors (Lipinski definition) is 0. The summed E-state index contributed by atoms with van der Waals surface area (Å²) < 4.78 is 33.3. The molecule has 73 heavy (non-hydrogen) atoms. The molecule has 388 valence electrons. The molecule has 0 unspecified atom stereocenters. The van der Waals surface area contributed by atoms with E-state index in [1.165, 1.54) is 76.4 Å². The van der Waals surface area contributed by atoms with Crippen LogP contribution in [0.3, 0.4) is 0 Å². The molecule has 0 N–H and O–H groups in total. The van der Waals surface area contributed by atoms with Crippen LogP contribution in [-0.2, 0) is 19.1 Å². The molecule has 0 spiro atoms. The molecule has 2 aromatic heterocycles. The molecule has 0 aliphatic rings. The van der Waals surface area contributed by atoms with Gasteiger partial charge in [-0.2, -0.15) is 0 Å². The summed E-state index contributed by atoms with van der Waals surface area (Å²) in [6.45, 7) is 10.8. The van der Waals surface area contributed by atoms with Crippen molar-refractivity contribution in [1.29, 1.82) is 0 Å². The molecule has 0 radical (unpaired) electrons. The van der Waals surface area contributed by atoms with Gasteiger partial charge in [-0.05, 0) is 74.6 Å². The molecule has 5 rings (SSSR count). The molecule has 0 aliphatic carbocycles. The second kappa shape index (κ2) is 33.4. The number of hydrogen-bond acceptors (Lipinski definition) is 14. The van der Waals surface area contributed by atoms with Crippen molar-refractivity contribution in [3.05, 3.63) is 134 Å². The number of benzene rings is 3. The summed E-state index contributed by atoms with van der Waals surface area (Å²) in [4.78, 5) is 66.6. The van der Waals surface area contributed by atoms with Crippen molar-refractivity contribution < 1.29 is 47.6 Å². The fourth-order valence-corrected chi connectivity index (χ4v) is 7.77. The van der Waals surface area contributed by atoms with Crippen molar-refractivity contribution in [1.82, 2.24) is 19.9 Å². The predicted octanol–water partition coefficient (Wildman–Crippen LogP) is 13.4.